The number of hydrogen-bond acceptors (Lipinski definition) is 6. The summed E-state index contributed by atoms with van der Waals surface area (Å²) in [6, 6.07) is 10.2. The van der Waals surface area contributed by atoms with Crippen molar-refractivity contribution in [1.29, 1.82) is 0 Å². The third kappa shape index (κ3) is 4.21. The van der Waals surface area contributed by atoms with E-state index >= 15 is 0 Å². The van der Waals surface area contributed by atoms with Crippen LogP contribution < -0.4 is 29.8 Å². The molecular formula is C24H26N2O6. The summed E-state index contributed by atoms with van der Waals surface area (Å²) in [6.07, 6.45) is 3.12. The lowest BCUT2D eigenvalue weighted by Crippen LogP contribution is -2.27. The number of pyridine rings is 1. The Morgan fingerprint density at radius 3 is 2.69 bits per heavy atom. The van der Waals surface area contributed by atoms with Crippen molar-refractivity contribution in [1.82, 2.24) is 4.57 Å². The lowest BCUT2D eigenvalue weighted by atomic mass is 10.1. The average molecular weight is 438 g/mol. The van der Waals surface area contributed by atoms with Crippen molar-refractivity contribution < 1.29 is 23.7 Å². The van der Waals surface area contributed by atoms with Crippen molar-refractivity contribution in [2.45, 2.75) is 26.2 Å². The number of nitrogens with one attached hydrogen (secondary N) is 1. The van der Waals surface area contributed by atoms with Crippen molar-refractivity contribution in [3.05, 3.63) is 52.3 Å². The molecule has 3 aromatic rings. The van der Waals surface area contributed by atoms with Gasteiger partial charge in [-0.05, 0) is 30.7 Å². The van der Waals surface area contributed by atoms with E-state index in [1.165, 1.54) is 4.57 Å². The predicted molar refractivity (Wildman–Crippen MR) is 121 cm³/mol. The van der Waals surface area contributed by atoms with Crippen molar-refractivity contribution in [3.63, 3.8) is 0 Å². The Kier molecular flexibility index (Phi) is 6.20. The highest BCUT2D eigenvalue weighted by Crippen LogP contribution is 2.35. The van der Waals surface area contributed by atoms with Crippen LogP contribution in [0.5, 0.6) is 23.0 Å². The summed E-state index contributed by atoms with van der Waals surface area (Å²) >= 11 is 0. The number of unbranched alkanes of at least 4 members (excludes halogenated alkanes) is 2. The summed E-state index contributed by atoms with van der Waals surface area (Å²) in [6.45, 7) is 2.84. The zero-order valence-electron chi connectivity index (χ0n) is 18.4. The number of rotatable bonds is 8. The number of methoxy groups -OCH3 is 1. The van der Waals surface area contributed by atoms with E-state index in [0.717, 1.165) is 19.3 Å². The van der Waals surface area contributed by atoms with Crippen molar-refractivity contribution in [2.24, 2.45) is 7.05 Å². The van der Waals surface area contributed by atoms with Gasteiger partial charge in [-0.15, -0.1) is 0 Å². The van der Waals surface area contributed by atoms with Gasteiger partial charge in [0.15, 0.2) is 23.0 Å². The summed E-state index contributed by atoms with van der Waals surface area (Å²) in [7, 11) is 3.19. The number of carbonyl (C=O) groups excluding carboxylic acids is 1. The summed E-state index contributed by atoms with van der Waals surface area (Å²) in [5, 5.41) is 3.47. The number of amides is 1. The first kappa shape index (κ1) is 21.5. The van der Waals surface area contributed by atoms with Gasteiger partial charge in [-0.2, -0.15) is 0 Å². The molecule has 4 rings (SSSR count). The molecule has 1 N–H and O–H groups in total. The number of ether oxygens (including phenoxy) is 4. The van der Waals surface area contributed by atoms with Crippen LogP contribution in [-0.4, -0.2) is 31.0 Å². The van der Waals surface area contributed by atoms with Crippen LogP contribution in [0.25, 0.3) is 10.9 Å². The Balaban J connectivity index is 1.65. The second-order valence-electron chi connectivity index (χ2n) is 7.56. The molecule has 1 amide bonds. The number of anilines is 1. The van der Waals surface area contributed by atoms with Crippen LogP contribution in [0.1, 0.15) is 36.5 Å². The number of benzene rings is 2. The zero-order chi connectivity index (χ0) is 22.7. The minimum Gasteiger partial charge on any atom is -0.493 e. The standard InChI is InChI=1S/C24H26N2O6/c1-4-5-6-9-30-21-11-15-10-17(24(28)26(2)18(15)13-20(21)29-3)23(27)25-16-7-8-19-22(12-16)32-14-31-19/h7-8,10-13H,4-6,9,14H2,1-3H3,(H,25,27). The molecule has 168 valence electrons. The minimum atomic E-state index is -0.507. The third-order valence-corrected chi connectivity index (χ3v) is 5.39. The van der Waals surface area contributed by atoms with E-state index < -0.39 is 11.5 Å². The lowest BCUT2D eigenvalue weighted by Gasteiger charge is -2.15. The van der Waals surface area contributed by atoms with Gasteiger partial charge in [-0.25, -0.2) is 0 Å². The highest BCUT2D eigenvalue weighted by molar-refractivity contribution is 6.06. The van der Waals surface area contributed by atoms with Gasteiger partial charge >= 0.3 is 0 Å². The largest absolute Gasteiger partial charge is 0.493 e. The summed E-state index contributed by atoms with van der Waals surface area (Å²) in [5.74, 6) is 1.78. The fourth-order valence-electron chi connectivity index (χ4n) is 3.62. The molecule has 0 bridgehead atoms. The summed E-state index contributed by atoms with van der Waals surface area (Å²) in [5.41, 5.74) is 0.776. The normalized spacial score (nSPS) is 12.1. The molecule has 8 nitrogen and oxygen atoms in total. The first-order valence-corrected chi connectivity index (χ1v) is 10.6. The van der Waals surface area contributed by atoms with Gasteiger partial charge in [-0.1, -0.05) is 19.8 Å². The number of aromatic nitrogens is 1. The van der Waals surface area contributed by atoms with Gasteiger partial charge in [0.2, 0.25) is 6.79 Å². The van der Waals surface area contributed by atoms with Crippen LogP contribution in [0.3, 0.4) is 0 Å². The van der Waals surface area contributed by atoms with Crippen LogP contribution in [0, 0.1) is 0 Å². The second kappa shape index (κ2) is 9.21. The van der Waals surface area contributed by atoms with E-state index in [9.17, 15) is 9.59 Å². The van der Waals surface area contributed by atoms with Gasteiger partial charge in [0, 0.05) is 30.3 Å². The van der Waals surface area contributed by atoms with Crippen LogP contribution in [0.15, 0.2) is 41.2 Å². The Morgan fingerprint density at radius 2 is 1.91 bits per heavy atom. The average Bonchev–Trinajstić information content (AvgIpc) is 3.26. The molecule has 0 radical (unpaired) electrons. The number of carbonyl (C=O) groups is 1. The van der Waals surface area contributed by atoms with Gasteiger partial charge in [0.1, 0.15) is 5.56 Å². The molecule has 32 heavy (non-hydrogen) atoms. The Labute approximate surface area is 185 Å². The maximum absolute atomic E-state index is 12.9. The second-order valence-corrected chi connectivity index (χ2v) is 7.56. The fraction of sp³-hybridized carbons (Fsp3) is 0.333. The molecule has 0 saturated carbocycles. The van der Waals surface area contributed by atoms with Crippen LogP contribution in [0.2, 0.25) is 0 Å². The Bertz CT molecular complexity index is 1220. The van der Waals surface area contributed by atoms with Gasteiger partial charge in [0.25, 0.3) is 11.5 Å². The topological polar surface area (TPSA) is 88.0 Å². The van der Waals surface area contributed by atoms with E-state index in [0.29, 0.717) is 46.2 Å². The number of hydrogen-bond donors (Lipinski definition) is 1. The quantitative estimate of drug-likeness (QED) is 0.533. The highest BCUT2D eigenvalue weighted by atomic mass is 16.7. The van der Waals surface area contributed by atoms with Crippen LogP contribution in [0.4, 0.5) is 5.69 Å². The first-order chi connectivity index (χ1) is 15.5. The maximum Gasteiger partial charge on any atom is 0.263 e. The fourth-order valence-corrected chi connectivity index (χ4v) is 3.62. The molecular weight excluding hydrogens is 412 g/mol. The van der Waals surface area contributed by atoms with Gasteiger partial charge in [-0.3, -0.25) is 9.59 Å². The van der Waals surface area contributed by atoms with Crippen LogP contribution in [-0.2, 0) is 7.05 Å². The molecule has 1 aliphatic heterocycles. The first-order valence-electron chi connectivity index (χ1n) is 10.6. The SMILES string of the molecule is CCCCCOc1cc2cc(C(=O)Nc3ccc4c(c3)OCO4)c(=O)n(C)c2cc1OC. The van der Waals surface area contributed by atoms with Crippen molar-refractivity contribution in [3.8, 4) is 23.0 Å². The van der Waals surface area contributed by atoms with E-state index in [1.807, 2.05) is 0 Å². The van der Waals surface area contributed by atoms with E-state index in [1.54, 1.807) is 50.6 Å². The number of nitrogens with zero attached hydrogens (tertiary/aromatic N) is 1. The Morgan fingerprint density at radius 1 is 1.09 bits per heavy atom. The number of fused-ring (bicyclic) bond motifs is 2. The minimum absolute atomic E-state index is 0.0276. The summed E-state index contributed by atoms with van der Waals surface area (Å²) < 4.78 is 23.4. The molecule has 0 unspecified atom stereocenters. The molecule has 0 aliphatic carbocycles. The zero-order valence-corrected chi connectivity index (χ0v) is 18.4. The predicted octanol–water partition coefficient (Wildman–Crippen LogP) is 4.10. The molecule has 8 heteroatoms. The lowest BCUT2D eigenvalue weighted by molar-refractivity contribution is 0.102. The van der Waals surface area contributed by atoms with Crippen molar-refractivity contribution >= 4 is 22.5 Å². The van der Waals surface area contributed by atoms with Crippen molar-refractivity contribution in [2.75, 3.05) is 25.8 Å². The monoisotopic (exact) mass is 438 g/mol. The van der Waals surface area contributed by atoms with E-state index in [4.69, 9.17) is 18.9 Å². The molecule has 1 aromatic heterocycles. The third-order valence-electron chi connectivity index (χ3n) is 5.39. The molecule has 0 atom stereocenters. The maximum atomic E-state index is 12.9. The van der Waals surface area contributed by atoms with Gasteiger partial charge < -0.3 is 28.8 Å². The van der Waals surface area contributed by atoms with E-state index in [-0.39, 0.29) is 12.4 Å². The molecule has 1 aliphatic rings. The highest BCUT2D eigenvalue weighted by Gasteiger charge is 2.19. The Hall–Kier alpha value is -3.68. The van der Waals surface area contributed by atoms with E-state index in [2.05, 4.69) is 12.2 Å². The number of aryl methyl sites for hydroxylation is 1. The molecule has 0 fully saturated rings. The van der Waals surface area contributed by atoms with Crippen LogP contribution >= 0.6 is 0 Å². The smallest absolute Gasteiger partial charge is 0.263 e. The molecule has 0 spiro atoms. The summed E-state index contributed by atoms with van der Waals surface area (Å²) in [4.78, 5) is 25.8. The molecule has 2 heterocycles. The molecule has 2 aromatic carbocycles. The van der Waals surface area contributed by atoms with Gasteiger partial charge in [0.05, 0.1) is 19.2 Å². The molecule has 0 saturated heterocycles.